The van der Waals surface area contributed by atoms with Crippen LogP contribution in [0.25, 0.3) is 6.08 Å². The summed E-state index contributed by atoms with van der Waals surface area (Å²) in [5.41, 5.74) is 0.800. The minimum absolute atomic E-state index is 0.0608. The molecule has 1 aromatic carbocycles. The molecule has 1 amide bonds. The molecule has 1 aliphatic rings. The van der Waals surface area contributed by atoms with Crippen LogP contribution in [-0.2, 0) is 14.8 Å². The highest BCUT2D eigenvalue weighted by Crippen LogP contribution is 2.28. The maximum absolute atomic E-state index is 12.6. The molecule has 0 atom stereocenters. The summed E-state index contributed by atoms with van der Waals surface area (Å²) in [7, 11) is -0.513. The first-order valence-corrected chi connectivity index (χ1v) is 10.6. The summed E-state index contributed by atoms with van der Waals surface area (Å²) < 4.78 is 37.1. The van der Waals surface area contributed by atoms with E-state index in [1.54, 1.807) is 37.3 Å². The molecule has 1 saturated heterocycles. The Morgan fingerprint density at radius 3 is 2.62 bits per heavy atom. The quantitative estimate of drug-likeness (QED) is 0.708. The van der Waals surface area contributed by atoms with E-state index in [0.717, 1.165) is 5.56 Å². The molecule has 1 N–H and O–H groups in total. The zero-order chi connectivity index (χ0) is 20.9. The van der Waals surface area contributed by atoms with Crippen LogP contribution in [0, 0.1) is 0 Å². The van der Waals surface area contributed by atoms with Crippen molar-refractivity contribution in [2.24, 2.45) is 0 Å². The normalized spacial score (nSPS) is 16.0. The van der Waals surface area contributed by atoms with E-state index in [-0.39, 0.29) is 17.5 Å². The second-order valence-corrected chi connectivity index (χ2v) is 8.35. The van der Waals surface area contributed by atoms with Crippen molar-refractivity contribution in [2.45, 2.75) is 11.4 Å². The lowest BCUT2D eigenvalue weighted by molar-refractivity contribution is -0.125. The number of aromatic amines is 1. The zero-order valence-electron chi connectivity index (χ0n) is 16.4. The van der Waals surface area contributed by atoms with E-state index in [9.17, 15) is 13.2 Å². The molecule has 1 fully saturated rings. The number of aromatic nitrogens is 2. The number of hydrogen-bond acceptors (Lipinski definition) is 6. The van der Waals surface area contributed by atoms with Crippen molar-refractivity contribution in [3.05, 3.63) is 42.4 Å². The highest BCUT2D eigenvalue weighted by Gasteiger charge is 2.28. The predicted molar refractivity (Wildman–Crippen MR) is 107 cm³/mol. The molecule has 1 aromatic heterocycles. The first-order valence-electron chi connectivity index (χ1n) is 9.13. The average molecular weight is 420 g/mol. The number of ether oxygens (including phenoxy) is 2. The van der Waals surface area contributed by atoms with Gasteiger partial charge in [0.25, 0.3) is 10.0 Å². The Kier molecular flexibility index (Phi) is 6.55. The van der Waals surface area contributed by atoms with Crippen LogP contribution in [0.2, 0.25) is 0 Å². The zero-order valence-corrected chi connectivity index (χ0v) is 17.2. The highest BCUT2D eigenvalue weighted by atomic mass is 32.2. The Morgan fingerprint density at radius 1 is 1.14 bits per heavy atom. The van der Waals surface area contributed by atoms with E-state index in [1.807, 2.05) is 6.07 Å². The SMILES string of the molecule is COc1ccc(/C=C/C(=O)N2CCCN(S(=O)(=O)c3cnc[nH]3)CC2)cc1OC. The molecule has 0 saturated carbocycles. The molecule has 0 bridgehead atoms. The summed E-state index contributed by atoms with van der Waals surface area (Å²) in [6, 6.07) is 5.38. The third-order valence-corrected chi connectivity index (χ3v) is 6.51. The van der Waals surface area contributed by atoms with Crippen LogP contribution in [0.1, 0.15) is 12.0 Å². The van der Waals surface area contributed by atoms with Crippen molar-refractivity contribution in [1.82, 2.24) is 19.2 Å². The molecule has 1 aliphatic heterocycles. The van der Waals surface area contributed by atoms with Crippen molar-refractivity contribution in [1.29, 1.82) is 0 Å². The summed E-state index contributed by atoms with van der Waals surface area (Å²) in [6.07, 6.45) is 6.37. The fraction of sp³-hybridized carbons (Fsp3) is 0.368. The number of nitrogens with zero attached hydrogens (tertiary/aromatic N) is 3. The molecule has 0 radical (unpaired) electrons. The lowest BCUT2D eigenvalue weighted by Crippen LogP contribution is -2.36. The molecule has 10 heteroatoms. The Hall–Kier alpha value is -2.85. The van der Waals surface area contributed by atoms with Crippen LogP contribution >= 0.6 is 0 Å². The van der Waals surface area contributed by atoms with Gasteiger partial charge in [0.2, 0.25) is 5.91 Å². The van der Waals surface area contributed by atoms with Gasteiger partial charge in [-0.1, -0.05) is 6.07 Å². The molecule has 0 aliphatic carbocycles. The predicted octanol–water partition coefficient (Wildman–Crippen LogP) is 1.36. The summed E-state index contributed by atoms with van der Waals surface area (Å²) in [4.78, 5) is 20.6. The number of sulfonamides is 1. The number of carbonyl (C=O) groups excluding carboxylic acids is 1. The van der Waals surface area contributed by atoms with Gasteiger partial charge in [-0.3, -0.25) is 4.79 Å². The van der Waals surface area contributed by atoms with Gasteiger partial charge in [-0.05, 0) is 30.2 Å². The maximum Gasteiger partial charge on any atom is 0.260 e. The topological polar surface area (TPSA) is 105 Å². The number of nitrogens with one attached hydrogen (secondary N) is 1. The van der Waals surface area contributed by atoms with Crippen molar-refractivity contribution >= 4 is 22.0 Å². The van der Waals surface area contributed by atoms with Gasteiger partial charge in [-0.2, -0.15) is 4.31 Å². The molecule has 0 spiro atoms. The second kappa shape index (κ2) is 9.10. The smallest absolute Gasteiger partial charge is 0.260 e. The van der Waals surface area contributed by atoms with E-state index in [1.165, 1.54) is 22.9 Å². The molecule has 29 heavy (non-hydrogen) atoms. The van der Waals surface area contributed by atoms with Crippen LogP contribution in [0.4, 0.5) is 0 Å². The molecular weight excluding hydrogens is 396 g/mol. The molecule has 2 heterocycles. The van der Waals surface area contributed by atoms with Gasteiger partial charge in [0.05, 0.1) is 26.7 Å². The van der Waals surface area contributed by atoms with Crippen molar-refractivity contribution < 1.29 is 22.7 Å². The van der Waals surface area contributed by atoms with E-state index in [2.05, 4.69) is 9.97 Å². The first-order chi connectivity index (χ1) is 14.0. The van der Waals surface area contributed by atoms with Gasteiger partial charge in [0.1, 0.15) is 0 Å². The number of amides is 1. The first kappa shape index (κ1) is 20.9. The average Bonchev–Trinajstić information content (AvgIpc) is 3.17. The minimum Gasteiger partial charge on any atom is -0.493 e. The number of H-pyrrole nitrogens is 1. The van der Waals surface area contributed by atoms with E-state index >= 15 is 0 Å². The number of imidazole rings is 1. The molecule has 9 nitrogen and oxygen atoms in total. The molecule has 156 valence electrons. The number of benzene rings is 1. The second-order valence-electron chi connectivity index (χ2n) is 6.45. The number of carbonyl (C=O) groups is 1. The number of methoxy groups -OCH3 is 2. The van der Waals surface area contributed by atoms with Gasteiger partial charge >= 0.3 is 0 Å². The van der Waals surface area contributed by atoms with Gasteiger partial charge < -0.3 is 19.4 Å². The Bertz CT molecular complexity index is 972. The van der Waals surface area contributed by atoms with Crippen LogP contribution in [-0.4, -0.2) is 73.9 Å². The van der Waals surface area contributed by atoms with Crippen LogP contribution in [0.15, 0.2) is 41.8 Å². The Morgan fingerprint density at radius 2 is 1.93 bits per heavy atom. The van der Waals surface area contributed by atoms with Gasteiger partial charge in [0, 0.05) is 32.3 Å². The van der Waals surface area contributed by atoms with Crippen molar-refractivity contribution in [3.8, 4) is 11.5 Å². The van der Waals surface area contributed by atoms with Crippen LogP contribution in [0.3, 0.4) is 0 Å². The monoisotopic (exact) mass is 420 g/mol. The third-order valence-electron chi connectivity index (χ3n) is 4.68. The fourth-order valence-electron chi connectivity index (χ4n) is 3.11. The molecule has 3 rings (SSSR count). The Balaban J connectivity index is 1.64. The number of hydrogen-bond donors (Lipinski definition) is 1. The summed E-state index contributed by atoms with van der Waals surface area (Å²) in [6.45, 7) is 1.40. The van der Waals surface area contributed by atoms with Crippen LogP contribution in [0.5, 0.6) is 11.5 Å². The highest BCUT2D eigenvalue weighted by molar-refractivity contribution is 7.89. The summed E-state index contributed by atoms with van der Waals surface area (Å²) in [5.74, 6) is 1.03. The maximum atomic E-state index is 12.6. The Labute approximate surface area is 170 Å². The van der Waals surface area contributed by atoms with Crippen LogP contribution < -0.4 is 9.47 Å². The molecule has 2 aromatic rings. The minimum atomic E-state index is -3.63. The summed E-state index contributed by atoms with van der Waals surface area (Å²) in [5, 5.41) is 0.0608. The lowest BCUT2D eigenvalue weighted by atomic mass is 10.2. The third kappa shape index (κ3) is 4.77. The van der Waals surface area contributed by atoms with Gasteiger partial charge in [0.15, 0.2) is 16.5 Å². The van der Waals surface area contributed by atoms with E-state index < -0.39 is 10.0 Å². The summed E-state index contributed by atoms with van der Waals surface area (Å²) >= 11 is 0. The lowest BCUT2D eigenvalue weighted by Gasteiger charge is -2.20. The standard InChI is InChI=1S/C19H24N4O5S/c1-27-16-6-4-15(12-17(16)28-2)5-7-19(24)22-8-3-9-23(11-10-22)29(25,26)18-13-20-14-21-18/h4-7,12-14H,3,8-11H2,1-2H3,(H,20,21)/b7-5+. The van der Waals surface area contributed by atoms with Gasteiger partial charge in [-0.15, -0.1) is 0 Å². The van der Waals surface area contributed by atoms with Gasteiger partial charge in [-0.25, -0.2) is 13.4 Å². The molecular formula is C19H24N4O5S. The molecule has 0 unspecified atom stereocenters. The largest absolute Gasteiger partial charge is 0.493 e. The van der Waals surface area contributed by atoms with E-state index in [4.69, 9.17) is 9.47 Å². The van der Waals surface area contributed by atoms with E-state index in [0.29, 0.717) is 37.6 Å². The van der Waals surface area contributed by atoms with Crippen molar-refractivity contribution in [3.63, 3.8) is 0 Å². The fourth-order valence-corrected chi connectivity index (χ4v) is 4.47. The number of rotatable bonds is 6. The van der Waals surface area contributed by atoms with Crippen molar-refractivity contribution in [2.75, 3.05) is 40.4 Å².